The van der Waals surface area contributed by atoms with Crippen LogP contribution in [-0.4, -0.2) is 38.1 Å². The highest BCUT2D eigenvalue weighted by molar-refractivity contribution is 5.84. The van der Waals surface area contributed by atoms with E-state index in [1.165, 1.54) is 12.1 Å². The summed E-state index contributed by atoms with van der Waals surface area (Å²) in [4.78, 5) is 10.8. The fraction of sp³-hybridized carbons (Fsp3) is 0.269. The molecule has 0 aliphatic heterocycles. The smallest absolute Gasteiger partial charge is 0.305 e. The average molecular weight is 438 g/mol. The molecule has 0 saturated heterocycles. The molecular formula is C26H28FNO4. The summed E-state index contributed by atoms with van der Waals surface area (Å²) in [5, 5.41) is 29.0. The standard InChI is InChI=1S/C26H28FNO4/c1-17(2)24-16-23(18-8-10-20(27)11-9-18)26(19-6-4-3-5-7-19)28(24)13-12-21(29)14-22(30)15-25(31)32/h3-13,16-17,21-22,29-30H,14-15H2,1-2H3,(H,31,32)/b13-12+/t21-,22-/m1/s1. The van der Waals surface area contributed by atoms with Crippen molar-refractivity contribution in [2.45, 2.75) is 44.8 Å². The summed E-state index contributed by atoms with van der Waals surface area (Å²) >= 11 is 0. The largest absolute Gasteiger partial charge is 0.481 e. The van der Waals surface area contributed by atoms with Crippen LogP contribution in [0.1, 0.15) is 38.3 Å². The van der Waals surface area contributed by atoms with Gasteiger partial charge in [-0.1, -0.05) is 56.3 Å². The Morgan fingerprint density at radius 1 is 1.03 bits per heavy atom. The number of carboxylic acids is 1. The first kappa shape index (κ1) is 23.4. The minimum absolute atomic E-state index is 0.0768. The van der Waals surface area contributed by atoms with Gasteiger partial charge in [0, 0.05) is 23.9 Å². The molecule has 0 fully saturated rings. The maximum absolute atomic E-state index is 13.5. The molecule has 0 aliphatic carbocycles. The van der Waals surface area contributed by atoms with Gasteiger partial charge in [-0.25, -0.2) is 4.39 Å². The summed E-state index contributed by atoms with van der Waals surface area (Å²) in [6, 6.07) is 18.2. The normalized spacial score (nSPS) is 13.6. The molecule has 1 aromatic heterocycles. The lowest BCUT2D eigenvalue weighted by atomic mass is 10.0. The molecule has 0 saturated carbocycles. The zero-order chi connectivity index (χ0) is 23.3. The molecule has 168 valence electrons. The second-order valence-corrected chi connectivity index (χ2v) is 8.13. The predicted octanol–water partition coefficient (Wildman–Crippen LogP) is 5.14. The zero-order valence-corrected chi connectivity index (χ0v) is 18.1. The Hall–Kier alpha value is -3.22. The first-order valence-corrected chi connectivity index (χ1v) is 10.6. The lowest BCUT2D eigenvalue weighted by molar-refractivity contribution is -0.139. The van der Waals surface area contributed by atoms with Crippen LogP contribution in [0.25, 0.3) is 28.6 Å². The van der Waals surface area contributed by atoms with E-state index in [-0.39, 0.29) is 18.2 Å². The lowest BCUT2D eigenvalue weighted by Crippen LogP contribution is -2.19. The fourth-order valence-electron chi connectivity index (χ4n) is 3.72. The number of aliphatic hydroxyl groups excluding tert-OH is 2. The third-order valence-corrected chi connectivity index (χ3v) is 5.24. The van der Waals surface area contributed by atoms with Crippen LogP contribution in [0.5, 0.6) is 0 Å². The third kappa shape index (κ3) is 5.72. The number of aliphatic hydroxyl groups is 2. The molecule has 6 heteroatoms. The van der Waals surface area contributed by atoms with Gasteiger partial charge < -0.3 is 19.9 Å². The van der Waals surface area contributed by atoms with Gasteiger partial charge in [-0.05, 0) is 41.3 Å². The Bertz CT molecular complexity index is 1070. The van der Waals surface area contributed by atoms with Gasteiger partial charge in [0.25, 0.3) is 0 Å². The molecule has 3 N–H and O–H groups in total. The Morgan fingerprint density at radius 3 is 2.28 bits per heavy atom. The maximum Gasteiger partial charge on any atom is 0.305 e. The van der Waals surface area contributed by atoms with Crippen molar-refractivity contribution >= 4 is 12.2 Å². The van der Waals surface area contributed by atoms with Crippen molar-refractivity contribution in [1.29, 1.82) is 0 Å². The molecule has 0 amide bonds. The quantitative estimate of drug-likeness (QED) is 0.433. The van der Waals surface area contributed by atoms with Gasteiger partial charge in [0.2, 0.25) is 0 Å². The second kappa shape index (κ2) is 10.4. The molecule has 0 bridgehead atoms. The zero-order valence-electron chi connectivity index (χ0n) is 18.1. The van der Waals surface area contributed by atoms with Crippen LogP contribution < -0.4 is 0 Å². The van der Waals surface area contributed by atoms with E-state index in [1.54, 1.807) is 24.4 Å². The highest BCUT2D eigenvalue weighted by atomic mass is 19.1. The second-order valence-electron chi connectivity index (χ2n) is 8.13. The van der Waals surface area contributed by atoms with Crippen LogP contribution >= 0.6 is 0 Å². The number of hydrogen-bond acceptors (Lipinski definition) is 3. The van der Waals surface area contributed by atoms with Crippen molar-refractivity contribution in [3.63, 3.8) is 0 Å². The minimum atomic E-state index is -1.13. The van der Waals surface area contributed by atoms with Gasteiger partial charge >= 0.3 is 5.97 Å². The van der Waals surface area contributed by atoms with Crippen LogP contribution in [0.3, 0.4) is 0 Å². The van der Waals surface area contributed by atoms with Gasteiger partial charge in [0.05, 0.1) is 24.3 Å². The number of halogens is 1. The highest BCUT2D eigenvalue weighted by Gasteiger charge is 2.19. The first-order valence-electron chi connectivity index (χ1n) is 10.6. The van der Waals surface area contributed by atoms with E-state index in [0.717, 1.165) is 28.1 Å². The van der Waals surface area contributed by atoms with Crippen LogP contribution in [0, 0.1) is 5.82 Å². The Labute approximate surface area is 187 Å². The van der Waals surface area contributed by atoms with Crippen molar-refractivity contribution < 1.29 is 24.5 Å². The topological polar surface area (TPSA) is 82.7 Å². The van der Waals surface area contributed by atoms with Gasteiger partial charge in [0.1, 0.15) is 5.82 Å². The minimum Gasteiger partial charge on any atom is -0.481 e. The number of benzene rings is 2. The number of hydrogen-bond donors (Lipinski definition) is 3. The van der Waals surface area contributed by atoms with Crippen LogP contribution in [0.2, 0.25) is 0 Å². The third-order valence-electron chi connectivity index (χ3n) is 5.24. The average Bonchev–Trinajstić information content (AvgIpc) is 3.12. The van der Waals surface area contributed by atoms with Crippen LogP contribution in [-0.2, 0) is 4.79 Å². The van der Waals surface area contributed by atoms with Gasteiger partial charge in [0.15, 0.2) is 0 Å². The molecule has 5 nitrogen and oxygen atoms in total. The van der Waals surface area contributed by atoms with E-state index in [0.29, 0.717) is 0 Å². The summed E-state index contributed by atoms with van der Waals surface area (Å²) in [6.45, 7) is 4.13. The SMILES string of the molecule is CC(C)c1cc(-c2ccc(F)cc2)c(-c2ccccc2)n1/C=C/[C@@H](O)C[C@@H](O)CC(=O)O. The van der Waals surface area contributed by atoms with E-state index in [4.69, 9.17) is 5.11 Å². The van der Waals surface area contributed by atoms with Crippen molar-refractivity contribution in [1.82, 2.24) is 4.57 Å². The number of carboxylic acid groups (broad SMARTS) is 1. The van der Waals surface area contributed by atoms with E-state index in [2.05, 4.69) is 19.9 Å². The number of carbonyl (C=O) groups is 1. The van der Waals surface area contributed by atoms with Crippen molar-refractivity contribution in [3.05, 3.63) is 78.3 Å². The van der Waals surface area contributed by atoms with Gasteiger partial charge in [-0.2, -0.15) is 0 Å². The molecule has 1 heterocycles. The van der Waals surface area contributed by atoms with E-state index >= 15 is 0 Å². The maximum atomic E-state index is 13.5. The summed E-state index contributed by atoms with van der Waals surface area (Å²) < 4.78 is 15.5. The molecular weight excluding hydrogens is 409 g/mol. The highest BCUT2D eigenvalue weighted by Crippen LogP contribution is 2.38. The van der Waals surface area contributed by atoms with Crippen molar-refractivity contribution in [2.24, 2.45) is 0 Å². The summed E-state index contributed by atoms with van der Waals surface area (Å²) in [5.74, 6) is -1.26. The number of nitrogens with zero attached hydrogens (tertiary/aromatic N) is 1. The van der Waals surface area contributed by atoms with E-state index in [1.807, 2.05) is 34.9 Å². The van der Waals surface area contributed by atoms with Gasteiger partial charge in [-0.3, -0.25) is 4.79 Å². The molecule has 0 spiro atoms. The number of aromatic nitrogens is 1. The Kier molecular flexibility index (Phi) is 7.62. The van der Waals surface area contributed by atoms with E-state index < -0.39 is 24.6 Å². The molecule has 0 unspecified atom stereocenters. The molecule has 0 aliphatic rings. The number of aliphatic carboxylic acids is 1. The monoisotopic (exact) mass is 437 g/mol. The Balaban J connectivity index is 2.07. The molecule has 0 radical (unpaired) electrons. The van der Waals surface area contributed by atoms with Crippen LogP contribution in [0.15, 0.2) is 66.7 Å². The predicted molar refractivity (Wildman–Crippen MR) is 124 cm³/mol. The van der Waals surface area contributed by atoms with Gasteiger partial charge in [-0.15, -0.1) is 0 Å². The number of rotatable bonds is 9. The molecule has 2 aromatic carbocycles. The van der Waals surface area contributed by atoms with Crippen molar-refractivity contribution in [3.8, 4) is 22.4 Å². The molecule has 3 rings (SSSR count). The Morgan fingerprint density at radius 2 is 1.69 bits per heavy atom. The van der Waals surface area contributed by atoms with Crippen molar-refractivity contribution in [2.75, 3.05) is 0 Å². The summed E-state index contributed by atoms with van der Waals surface area (Å²) in [6.07, 6.45) is 0.664. The van der Waals surface area contributed by atoms with E-state index in [9.17, 15) is 19.4 Å². The molecule has 32 heavy (non-hydrogen) atoms. The first-order chi connectivity index (χ1) is 15.3. The molecule has 2 atom stereocenters. The molecule has 3 aromatic rings. The summed E-state index contributed by atoms with van der Waals surface area (Å²) in [7, 11) is 0. The summed E-state index contributed by atoms with van der Waals surface area (Å²) in [5.41, 5.74) is 4.67. The lowest BCUT2D eigenvalue weighted by Gasteiger charge is -2.15. The van der Waals surface area contributed by atoms with Crippen LogP contribution in [0.4, 0.5) is 4.39 Å². The fourth-order valence-corrected chi connectivity index (χ4v) is 3.72.